The predicted molar refractivity (Wildman–Crippen MR) is 106 cm³/mol. The molecule has 0 bridgehead atoms. The Balaban J connectivity index is 1.66. The molecule has 1 aliphatic rings. The normalized spacial score (nSPS) is 14.2. The van der Waals surface area contributed by atoms with Gasteiger partial charge < -0.3 is 10.2 Å². The van der Waals surface area contributed by atoms with Gasteiger partial charge in [-0.1, -0.05) is 54.6 Å². The van der Waals surface area contributed by atoms with E-state index >= 15 is 0 Å². The third-order valence-electron chi connectivity index (χ3n) is 4.72. The van der Waals surface area contributed by atoms with Crippen LogP contribution in [0, 0.1) is 0 Å². The van der Waals surface area contributed by atoms with E-state index in [-0.39, 0.29) is 18.9 Å². The average Bonchev–Trinajstić information content (AvgIpc) is 2.68. The van der Waals surface area contributed by atoms with E-state index in [2.05, 4.69) is 0 Å². The van der Waals surface area contributed by atoms with Crippen LogP contribution in [0.3, 0.4) is 0 Å². The van der Waals surface area contributed by atoms with E-state index in [1.54, 1.807) is 4.90 Å². The molecule has 0 atom stereocenters. The third-order valence-corrected chi connectivity index (χ3v) is 4.72. The molecular formula is C22H21F3N2O2. The SMILES string of the molecule is O=C(CCCCNC(=O)C(F)(F)F)N1Cc2ccccc2/C=C\c2ccccc21. The van der Waals surface area contributed by atoms with Crippen molar-refractivity contribution in [3.05, 3.63) is 65.2 Å². The molecule has 4 nitrogen and oxygen atoms in total. The van der Waals surface area contributed by atoms with E-state index in [0.29, 0.717) is 19.4 Å². The molecule has 1 N–H and O–H groups in total. The second kappa shape index (κ2) is 8.94. The Labute approximate surface area is 167 Å². The van der Waals surface area contributed by atoms with Gasteiger partial charge in [0.2, 0.25) is 5.91 Å². The van der Waals surface area contributed by atoms with Crippen LogP contribution >= 0.6 is 0 Å². The number of unbranched alkanes of at least 4 members (excludes halogenated alkanes) is 1. The minimum atomic E-state index is -4.88. The number of carbonyl (C=O) groups is 2. The van der Waals surface area contributed by atoms with Gasteiger partial charge in [-0.05, 0) is 35.6 Å². The number of carbonyl (C=O) groups excluding carboxylic acids is 2. The first kappa shape index (κ1) is 20.6. The van der Waals surface area contributed by atoms with Crippen LogP contribution in [-0.2, 0) is 16.1 Å². The van der Waals surface area contributed by atoms with E-state index in [1.807, 2.05) is 66.0 Å². The van der Waals surface area contributed by atoms with E-state index in [9.17, 15) is 22.8 Å². The van der Waals surface area contributed by atoms with Gasteiger partial charge in [-0.25, -0.2) is 0 Å². The first-order valence-corrected chi connectivity index (χ1v) is 9.36. The van der Waals surface area contributed by atoms with Crippen LogP contribution in [0.15, 0.2) is 48.5 Å². The standard InChI is InChI=1S/C22H21F3N2O2/c23-22(24,25)21(29)26-14-6-5-11-20(28)27-15-18-9-2-1-7-16(18)12-13-17-8-3-4-10-19(17)27/h1-4,7-10,12-13H,5-6,11,14-15H2,(H,26,29)/b13-12-. The van der Waals surface area contributed by atoms with E-state index in [0.717, 1.165) is 22.4 Å². The molecule has 0 spiro atoms. The van der Waals surface area contributed by atoms with Crippen LogP contribution in [0.1, 0.15) is 36.0 Å². The number of alkyl halides is 3. The van der Waals surface area contributed by atoms with Crippen molar-refractivity contribution >= 4 is 29.7 Å². The number of nitrogens with one attached hydrogen (secondary N) is 1. The quantitative estimate of drug-likeness (QED) is 0.746. The van der Waals surface area contributed by atoms with Crippen molar-refractivity contribution in [1.29, 1.82) is 0 Å². The van der Waals surface area contributed by atoms with Gasteiger partial charge in [0.05, 0.1) is 12.2 Å². The summed E-state index contributed by atoms with van der Waals surface area (Å²) in [5, 5.41) is 1.82. The fourth-order valence-electron chi connectivity index (χ4n) is 3.21. The molecule has 0 saturated carbocycles. The smallest absolute Gasteiger partial charge is 0.348 e. The molecule has 1 aliphatic heterocycles. The third kappa shape index (κ3) is 5.25. The molecule has 0 fully saturated rings. The number of benzene rings is 2. The van der Waals surface area contributed by atoms with Crippen molar-refractivity contribution in [2.45, 2.75) is 32.0 Å². The fourth-order valence-corrected chi connectivity index (χ4v) is 3.21. The molecule has 2 aromatic carbocycles. The zero-order chi connectivity index (χ0) is 20.9. The lowest BCUT2D eigenvalue weighted by molar-refractivity contribution is -0.173. The maximum absolute atomic E-state index is 12.9. The van der Waals surface area contributed by atoms with E-state index in [1.165, 1.54) is 0 Å². The number of para-hydroxylation sites is 1. The Morgan fingerprint density at radius 3 is 2.34 bits per heavy atom. The lowest BCUT2D eigenvalue weighted by Gasteiger charge is -2.27. The van der Waals surface area contributed by atoms with Gasteiger partial charge in [-0.15, -0.1) is 0 Å². The van der Waals surface area contributed by atoms with Gasteiger partial charge in [0.1, 0.15) is 0 Å². The number of nitrogens with zero attached hydrogens (tertiary/aromatic N) is 1. The first-order chi connectivity index (χ1) is 13.9. The van der Waals surface area contributed by atoms with E-state index < -0.39 is 12.1 Å². The summed E-state index contributed by atoms with van der Waals surface area (Å²) in [5.74, 6) is -2.06. The van der Waals surface area contributed by atoms with Gasteiger partial charge in [0.15, 0.2) is 0 Å². The van der Waals surface area contributed by atoms with Crippen LogP contribution < -0.4 is 10.2 Å². The number of hydrogen-bond donors (Lipinski definition) is 1. The van der Waals surface area contributed by atoms with Crippen molar-refractivity contribution in [2.75, 3.05) is 11.4 Å². The molecule has 2 amide bonds. The van der Waals surface area contributed by atoms with Crippen LogP contribution in [0.25, 0.3) is 12.2 Å². The molecular weight excluding hydrogens is 381 g/mol. The molecule has 1 heterocycles. The number of amides is 2. The van der Waals surface area contributed by atoms with Crippen molar-refractivity contribution < 1.29 is 22.8 Å². The molecule has 0 unspecified atom stereocenters. The monoisotopic (exact) mass is 402 g/mol. The van der Waals surface area contributed by atoms with Crippen LogP contribution in [-0.4, -0.2) is 24.5 Å². The molecule has 0 saturated heterocycles. The number of fused-ring (bicyclic) bond motifs is 2. The summed E-state index contributed by atoms with van der Waals surface area (Å²) in [6.45, 7) is 0.301. The van der Waals surface area contributed by atoms with Gasteiger partial charge >= 0.3 is 12.1 Å². The van der Waals surface area contributed by atoms with Crippen molar-refractivity contribution in [3.8, 4) is 0 Å². The highest BCUT2D eigenvalue weighted by atomic mass is 19.4. The highest BCUT2D eigenvalue weighted by molar-refractivity contribution is 5.97. The summed E-state index contributed by atoms with van der Waals surface area (Å²) in [7, 11) is 0. The van der Waals surface area contributed by atoms with Crippen molar-refractivity contribution in [1.82, 2.24) is 5.32 Å². The maximum Gasteiger partial charge on any atom is 0.471 e. The summed E-state index contributed by atoms with van der Waals surface area (Å²) in [6, 6.07) is 15.4. The number of anilines is 1. The van der Waals surface area contributed by atoms with Crippen molar-refractivity contribution in [3.63, 3.8) is 0 Å². The lowest BCUT2D eigenvalue weighted by Crippen LogP contribution is -2.37. The van der Waals surface area contributed by atoms with Crippen LogP contribution in [0.2, 0.25) is 0 Å². The van der Waals surface area contributed by atoms with Gasteiger partial charge in [-0.3, -0.25) is 9.59 Å². The summed E-state index contributed by atoms with van der Waals surface area (Å²) in [6.07, 6.45) is -0.0284. The van der Waals surface area contributed by atoms with Crippen molar-refractivity contribution in [2.24, 2.45) is 0 Å². The second-order valence-corrected chi connectivity index (χ2v) is 6.78. The lowest BCUT2D eigenvalue weighted by atomic mass is 10.0. The minimum absolute atomic E-state index is 0.107. The Kier molecular flexibility index (Phi) is 6.36. The highest BCUT2D eigenvalue weighted by Crippen LogP contribution is 2.29. The molecule has 3 rings (SSSR count). The summed E-state index contributed by atoms with van der Waals surface area (Å²) >= 11 is 0. The summed E-state index contributed by atoms with van der Waals surface area (Å²) < 4.78 is 36.6. The fraction of sp³-hybridized carbons (Fsp3) is 0.273. The Morgan fingerprint density at radius 1 is 0.931 bits per heavy atom. The second-order valence-electron chi connectivity index (χ2n) is 6.78. The van der Waals surface area contributed by atoms with Gasteiger partial charge in [-0.2, -0.15) is 13.2 Å². The topological polar surface area (TPSA) is 49.4 Å². The maximum atomic E-state index is 12.9. The van der Waals surface area contributed by atoms with E-state index in [4.69, 9.17) is 0 Å². The van der Waals surface area contributed by atoms with Crippen LogP contribution in [0.4, 0.5) is 18.9 Å². The molecule has 29 heavy (non-hydrogen) atoms. The first-order valence-electron chi connectivity index (χ1n) is 9.36. The predicted octanol–water partition coefficient (Wildman–Crippen LogP) is 4.55. The molecule has 2 aromatic rings. The van der Waals surface area contributed by atoms with Crippen LogP contribution in [0.5, 0.6) is 0 Å². The Morgan fingerprint density at radius 2 is 1.59 bits per heavy atom. The zero-order valence-corrected chi connectivity index (χ0v) is 15.7. The zero-order valence-electron chi connectivity index (χ0n) is 15.7. The molecule has 0 radical (unpaired) electrons. The largest absolute Gasteiger partial charge is 0.471 e. The van der Waals surface area contributed by atoms with Gasteiger partial charge in [0, 0.05) is 13.0 Å². The number of hydrogen-bond acceptors (Lipinski definition) is 2. The van der Waals surface area contributed by atoms with Gasteiger partial charge in [0.25, 0.3) is 0 Å². The molecule has 7 heteroatoms. The number of rotatable bonds is 5. The summed E-state index contributed by atoms with van der Waals surface area (Å²) in [5.41, 5.74) is 3.78. The highest BCUT2D eigenvalue weighted by Gasteiger charge is 2.38. The Bertz CT molecular complexity index is 922. The average molecular weight is 402 g/mol. The molecule has 0 aliphatic carbocycles. The molecule has 152 valence electrons. The molecule has 0 aromatic heterocycles. The minimum Gasteiger partial charge on any atom is -0.348 e. The Hall–Kier alpha value is -3.09. The summed E-state index contributed by atoms with van der Waals surface area (Å²) in [4.78, 5) is 25.5. The number of halogens is 3.